The maximum absolute atomic E-state index is 12.2. The van der Waals surface area contributed by atoms with Crippen molar-refractivity contribution in [1.82, 2.24) is 4.90 Å². The summed E-state index contributed by atoms with van der Waals surface area (Å²) in [6, 6.07) is 16.6. The van der Waals surface area contributed by atoms with Gasteiger partial charge in [0.25, 0.3) is 0 Å². The van der Waals surface area contributed by atoms with Crippen LogP contribution >= 0.6 is 11.8 Å². The molecule has 1 saturated heterocycles. The van der Waals surface area contributed by atoms with E-state index < -0.39 is 5.25 Å². The molecule has 0 spiro atoms. The molecule has 2 aromatic rings. The fourth-order valence-corrected chi connectivity index (χ4v) is 3.61. The van der Waals surface area contributed by atoms with Crippen LogP contribution in [0.1, 0.15) is 6.42 Å². The smallest absolute Gasteiger partial charge is 0.242 e. The van der Waals surface area contributed by atoms with Crippen molar-refractivity contribution in [2.75, 3.05) is 19.4 Å². The summed E-state index contributed by atoms with van der Waals surface area (Å²) in [4.78, 5) is 29.9. The molecular formula is C19H19N3O3S. The van der Waals surface area contributed by atoms with Gasteiger partial charge < -0.3 is 10.1 Å². The molecule has 1 atom stereocenters. The first-order valence-electron chi connectivity index (χ1n) is 8.10. The fourth-order valence-electron chi connectivity index (χ4n) is 2.51. The molecule has 6 nitrogen and oxygen atoms in total. The van der Waals surface area contributed by atoms with Crippen molar-refractivity contribution in [1.29, 1.82) is 0 Å². The first-order chi connectivity index (χ1) is 12.6. The van der Waals surface area contributed by atoms with E-state index in [1.54, 1.807) is 38.4 Å². The standard InChI is InChI=1S/C19H19N3O3S/c1-20-19-22(2)18(24)16(26-19)12-17(23)21-13-8-10-15(11-9-13)25-14-6-4-3-5-7-14/h3-11,16H,12H2,1-2H3,(H,21,23)/t16-/m1/s1. The second-order valence-electron chi connectivity index (χ2n) is 5.70. The largest absolute Gasteiger partial charge is 0.457 e. The van der Waals surface area contributed by atoms with Gasteiger partial charge in [0.05, 0.1) is 0 Å². The summed E-state index contributed by atoms with van der Waals surface area (Å²) in [7, 11) is 3.30. The molecule has 0 unspecified atom stereocenters. The van der Waals surface area contributed by atoms with Crippen LogP contribution in [0.25, 0.3) is 0 Å². The number of para-hydroxylation sites is 1. The van der Waals surface area contributed by atoms with Gasteiger partial charge in [-0.2, -0.15) is 0 Å². The van der Waals surface area contributed by atoms with Gasteiger partial charge in [-0.05, 0) is 36.4 Å². The number of amides is 2. The molecule has 3 rings (SSSR count). The van der Waals surface area contributed by atoms with Gasteiger partial charge in [-0.15, -0.1) is 0 Å². The van der Waals surface area contributed by atoms with Crippen LogP contribution in [0.3, 0.4) is 0 Å². The molecule has 1 aliphatic heterocycles. The predicted molar refractivity (Wildman–Crippen MR) is 104 cm³/mol. The summed E-state index contributed by atoms with van der Waals surface area (Å²) in [6.45, 7) is 0. The van der Waals surface area contributed by atoms with Crippen molar-refractivity contribution in [2.45, 2.75) is 11.7 Å². The van der Waals surface area contributed by atoms with Crippen LogP contribution in [-0.4, -0.2) is 41.2 Å². The lowest BCUT2D eigenvalue weighted by atomic mass is 10.2. The van der Waals surface area contributed by atoms with Gasteiger partial charge in [-0.25, -0.2) is 0 Å². The van der Waals surface area contributed by atoms with Gasteiger partial charge in [0.2, 0.25) is 11.8 Å². The van der Waals surface area contributed by atoms with Gasteiger partial charge in [0, 0.05) is 26.2 Å². The number of anilines is 1. The lowest BCUT2D eigenvalue weighted by Gasteiger charge is -2.10. The number of aliphatic imine (C=N–C) groups is 1. The lowest BCUT2D eigenvalue weighted by molar-refractivity contribution is -0.127. The van der Waals surface area contributed by atoms with Crippen molar-refractivity contribution in [3.8, 4) is 11.5 Å². The molecule has 0 bridgehead atoms. The van der Waals surface area contributed by atoms with Gasteiger partial charge in [-0.3, -0.25) is 19.5 Å². The highest BCUT2D eigenvalue weighted by Gasteiger charge is 2.36. The highest BCUT2D eigenvalue weighted by Crippen LogP contribution is 2.28. The number of carbonyl (C=O) groups is 2. The Morgan fingerprint density at radius 2 is 1.81 bits per heavy atom. The van der Waals surface area contributed by atoms with Gasteiger partial charge >= 0.3 is 0 Å². The molecule has 0 radical (unpaired) electrons. The average Bonchev–Trinajstić information content (AvgIpc) is 2.92. The minimum absolute atomic E-state index is 0.0997. The Hall–Kier alpha value is -2.80. The third kappa shape index (κ3) is 4.23. The quantitative estimate of drug-likeness (QED) is 0.877. The second-order valence-corrected chi connectivity index (χ2v) is 6.87. The van der Waals surface area contributed by atoms with Crippen molar-refractivity contribution < 1.29 is 14.3 Å². The van der Waals surface area contributed by atoms with E-state index in [-0.39, 0.29) is 18.2 Å². The molecular weight excluding hydrogens is 350 g/mol. The molecule has 0 aromatic heterocycles. The monoisotopic (exact) mass is 369 g/mol. The van der Waals surface area contributed by atoms with Gasteiger partial charge in [-0.1, -0.05) is 30.0 Å². The lowest BCUT2D eigenvalue weighted by Crippen LogP contribution is -2.30. The SMILES string of the molecule is CN=C1S[C@H](CC(=O)Nc2ccc(Oc3ccccc3)cc2)C(=O)N1C. The number of benzene rings is 2. The first-order valence-corrected chi connectivity index (χ1v) is 8.98. The molecule has 0 aliphatic carbocycles. The highest BCUT2D eigenvalue weighted by molar-refractivity contribution is 8.15. The number of nitrogens with zero attached hydrogens (tertiary/aromatic N) is 2. The molecule has 1 aliphatic rings. The van der Waals surface area contributed by atoms with Crippen LogP contribution in [0.4, 0.5) is 5.69 Å². The Morgan fingerprint density at radius 1 is 1.15 bits per heavy atom. The number of rotatable bonds is 5. The fraction of sp³-hybridized carbons (Fsp3) is 0.211. The van der Waals surface area contributed by atoms with Gasteiger partial charge in [0.1, 0.15) is 16.7 Å². The Bertz CT molecular complexity index is 822. The maximum Gasteiger partial charge on any atom is 0.242 e. The molecule has 2 aromatic carbocycles. The summed E-state index contributed by atoms with van der Waals surface area (Å²) >= 11 is 1.31. The van der Waals surface area contributed by atoms with E-state index in [2.05, 4.69) is 10.3 Å². The van der Waals surface area contributed by atoms with E-state index in [0.717, 1.165) is 5.75 Å². The third-order valence-corrected chi connectivity index (χ3v) is 5.14. The summed E-state index contributed by atoms with van der Waals surface area (Å²) in [5.74, 6) is 1.12. The van der Waals surface area contributed by atoms with Crippen molar-refractivity contribution in [2.24, 2.45) is 4.99 Å². The van der Waals surface area contributed by atoms with Gasteiger partial charge in [0.15, 0.2) is 5.17 Å². The Morgan fingerprint density at radius 3 is 2.42 bits per heavy atom. The number of thioether (sulfide) groups is 1. The van der Waals surface area contributed by atoms with E-state index in [4.69, 9.17) is 4.74 Å². The third-order valence-electron chi connectivity index (χ3n) is 3.82. The Balaban J connectivity index is 1.56. The summed E-state index contributed by atoms with van der Waals surface area (Å²) < 4.78 is 5.72. The van der Waals surface area contributed by atoms with Crippen molar-refractivity contribution >= 4 is 34.4 Å². The van der Waals surface area contributed by atoms with E-state index in [0.29, 0.717) is 16.6 Å². The number of hydrogen-bond acceptors (Lipinski definition) is 5. The summed E-state index contributed by atoms with van der Waals surface area (Å²) in [6.07, 6.45) is 0.106. The van der Waals surface area contributed by atoms with Crippen LogP contribution < -0.4 is 10.1 Å². The van der Waals surface area contributed by atoms with Crippen LogP contribution in [0.15, 0.2) is 59.6 Å². The molecule has 7 heteroatoms. The molecule has 1 N–H and O–H groups in total. The minimum atomic E-state index is -0.431. The Labute approximate surface area is 156 Å². The topological polar surface area (TPSA) is 71.0 Å². The van der Waals surface area contributed by atoms with Crippen LogP contribution in [0.5, 0.6) is 11.5 Å². The van der Waals surface area contributed by atoms with E-state index in [9.17, 15) is 9.59 Å². The van der Waals surface area contributed by atoms with Crippen LogP contribution in [-0.2, 0) is 9.59 Å². The Kier molecular flexibility index (Phi) is 5.58. The molecule has 2 amide bonds. The zero-order valence-electron chi connectivity index (χ0n) is 14.5. The predicted octanol–water partition coefficient (Wildman–Crippen LogP) is 3.37. The first kappa shape index (κ1) is 18.0. The number of hydrogen-bond donors (Lipinski definition) is 1. The minimum Gasteiger partial charge on any atom is -0.457 e. The molecule has 0 saturated carbocycles. The number of ether oxygens (including phenoxy) is 1. The molecule has 26 heavy (non-hydrogen) atoms. The van der Waals surface area contributed by atoms with Crippen LogP contribution in [0, 0.1) is 0 Å². The zero-order chi connectivity index (χ0) is 18.5. The van der Waals surface area contributed by atoms with Crippen molar-refractivity contribution in [3.05, 3.63) is 54.6 Å². The number of carbonyl (C=O) groups excluding carboxylic acids is 2. The molecule has 1 heterocycles. The molecule has 1 fully saturated rings. The summed E-state index contributed by atoms with van der Waals surface area (Å²) in [5, 5.41) is 3.01. The average molecular weight is 369 g/mol. The zero-order valence-corrected chi connectivity index (χ0v) is 15.3. The highest BCUT2D eigenvalue weighted by atomic mass is 32.2. The van der Waals surface area contributed by atoms with E-state index in [1.807, 2.05) is 30.3 Å². The number of amidine groups is 1. The number of nitrogens with one attached hydrogen (secondary N) is 1. The van der Waals surface area contributed by atoms with E-state index in [1.165, 1.54) is 16.7 Å². The van der Waals surface area contributed by atoms with Crippen molar-refractivity contribution in [3.63, 3.8) is 0 Å². The molecule has 134 valence electrons. The van der Waals surface area contributed by atoms with E-state index >= 15 is 0 Å². The second kappa shape index (κ2) is 8.05. The summed E-state index contributed by atoms with van der Waals surface area (Å²) in [5.41, 5.74) is 0.656. The maximum atomic E-state index is 12.2. The normalized spacial score (nSPS) is 18.2. The van der Waals surface area contributed by atoms with Crippen LogP contribution in [0.2, 0.25) is 0 Å².